The molecule has 1 aliphatic rings. The number of ether oxygens (including phenoxy) is 2. The lowest BCUT2D eigenvalue weighted by Gasteiger charge is -2.11. The van der Waals surface area contributed by atoms with Gasteiger partial charge in [-0.2, -0.15) is 0 Å². The molecule has 1 N–H and O–H groups in total. The molecular formula is C16H24O3. The Morgan fingerprint density at radius 1 is 1.37 bits per heavy atom. The molecule has 1 aromatic carbocycles. The fraction of sp³-hybridized carbons (Fsp3) is 0.625. The van der Waals surface area contributed by atoms with E-state index in [0.29, 0.717) is 6.10 Å². The van der Waals surface area contributed by atoms with Gasteiger partial charge < -0.3 is 14.6 Å². The quantitative estimate of drug-likeness (QED) is 0.766. The molecule has 0 bridgehead atoms. The highest BCUT2D eigenvalue weighted by Crippen LogP contribution is 2.20. The highest BCUT2D eigenvalue weighted by atomic mass is 16.5. The largest absolute Gasteiger partial charge is 0.494 e. The Hall–Kier alpha value is -1.06. The van der Waals surface area contributed by atoms with Crippen LogP contribution >= 0.6 is 0 Å². The van der Waals surface area contributed by atoms with Crippen molar-refractivity contribution in [2.24, 2.45) is 0 Å². The van der Waals surface area contributed by atoms with Crippen LogP contribution < -0.4 is 4.74 Å². The van der Waals surface area contributed by atoms with Crippen LogP contribution in [0.2, 0.25) is 0 Å². The summed E-state index contributed by atoms with van der Waals surface area (Å²) in [6, 6.07) is 7.73. The minimum Gasteiger partial charge on any atom is -0.494 e. The van der Waals surface area contributed by atoms with E-state index < -0.39 is 0 Å². The van der Waals surface area contributed by atoms with Gasteiger partial charge in [0, 0.05) is 6.61 Å². The smallest absolute Gasteiger partial charge is 0.119 e. The fourth-order valence-electron chi connectivity index (χ4n) is 2.39. The van der Waals surface area contributed by atoms with E-state index >= 15 is 0 Å². The van der Waals surface area contributed by atoms with Crippen LogP contribution in [-0.2, 0) is 4.74 Å². The van der Waals surface area contributed by atoms with Crippen LogP contribution in [0.1, 0.15) is 50.7 Å². The molecule has 2 rings (SSSR count). The summed E-state index contributed by atoms with van der Waals surface area (Å²) in [6.45, 7) is 3.63. The summed E-state index contributed by atoms with van der Waals surface area (Å²) in [6.07, 6.45) is 5.34. The third kappa shape index (κ3) is 4.51. The molecule has 0 spiro atoms. The van der Waals surface area contributed by atoms with E-state index in [4.69, 9.17) is 9.47 Å². The van der Waals surface area contributed by atoms with Crippen molar-refractivity contribution >= 4 is 0 Å². The Bertz CT molecular complexity index is 355. The zero-order valence-electron chi connectivity index (χ0n) is 11.7. The SMILES string of the molecule is CCC(O)c1ccc(OCCCC2CCCO2)cc1. The maximum Gasteiger partial charge on any atom is 0.119 e. The summed E-state index contributed by atoms with van der Waals surface area (Å²) in [5.74, 6) is 0.874. The van der Waals surface area contributed by atoms with Gasteiger partial charge in [0.1, 0.15) is 5.75 Å². The summed E-state index contributed by atoms with van der Waals surface area (Å²) in [4.78, 5) is 0. The van der Waals surface area contributed by atoms with Gasteiger partial charge >= 0.3 is 0 Å². The fourth-order valence-corrected chi connectivity index (χ4v) is 2.39. The van der Waals surface area contributed by atoms with Crippen LogP contribution in [0, 0.1) is 0 Å². The molecule has 1 aliphatic heterocycles. The number of hydrogen-bond acceptors (Lipinski definition) is 3. The molecule has 0 aromatic heterocycles. The van der Waals surface area contributed by atoms with Crippen LogP contribution in [0.15, 0.2) is 24.3 Å². The third-order valence-electron chi connectivity index (χ3n) is 3.61. The van der Waals surface area contributed by atoms with Crippen molar-refractivity contribution in [3.63, 3.8) is 0 Å². The van der Waals surface area contributed by atoms with Crippen molar-refractivity contribution < 1.29 is 14.6 Å². The zero-order valence-corrected chi connectivity index (χ0v) is 11.7. The average molecular weight is 264 g/mol. The number of aliphatic hydroxyl groups excluding tert-OH is 1. The number of rotatable bonds is 7. The Balaban J connectivity index is 1.67. The van der Waals surface area contributed by atoms with Gasteiger partial charge in [-0.3, -0.25) is 0 Å². The molecule has 0 radical (unpaired) electrons. The van der Waals surface area contributed by atoms with Gasteiger partial charge in [-0.15, -0.1) is 0 Å². The second-order valence-electron chi connectivity index (χ2n) is 5.12. The van der Waals surface area contributed by atoms with E-state index in [2.05, 4.69) is 0 Å². The minimum atomic E-state index is -0.367. The van der Waals surface area contributed by atoms with Gasteiger partial charge in [0.15, 0.2) is 0 Å². The first-order valence-electron chi connectivity index (χ1n) is 7.32. The molecule has 3 heteroatoms. The molecule has 1 heterocycles. The summed E-state index contributed by atoms with van der Waals surface area (Å²) >= 11 is 0. The second kappa shape index (κ2) is 7.51. The molecule has 0 aliphatic carbocycles. The molecule has 0 saturated carbocycles. The molecule has 1 aromatic rings. The highest BCUT2D eigenvalue weighted by molar-refractivity contribution is 5.28. The van der Waals surface area contributed by atoms with Crippen molar-refractivity contribution in [3.8, 4) is 5.75 Å². The highest BCUT2D eigenvalue weighted by Gasteiger charge is 2.14. The molecule has 106 valence electrons. The van der Waals surface area contributed by atoms with Crippen LogP contribution in [0.4, 0.5) is 0 Å². The molecular weight excluding hydrogens is 240 g/mol. The molecule has 2 atom stereocenters. The van der Waals surface area contributed by atoms with E-state index in [9.17, 15) is 5.11 Å². The van der Waals surface area contributed by atoms with E-state index in [1.807, 2.05) is 31.2 Å². The number of benzene rings is 1. The van der Waals surface area contributed by atoms with Gasteiger partial charge in [-0.25, -0.2) is 0 Å². The molecule has 0 amide bonds. The predicted molar refractivity (Wildman–Crippen MR) is 75.4 cm³/mol. The number of aliphatic hydroxyl groups is 1. The molecule has 3 nitrogen and oxygen atoms in total. The molecule has 1 fully saturated rings. The van der Waals surface area contributed by atoms with E-state index in [-0.39, 0.29) is 6.10 Å². The Morgan fingerprint density at radius 2 is 2.16 bits per heavy atom. The van der Waals surface area contributed by atoms with E-state index in [1.54, 1.807) is 0 Å². The first kappa shape index (κ1) is 14.4. The predicted octanol–water partition coefficient (Wildman–Crippen LogP) is 3.47. The van der Waals surface area contributed by atoms with Gasteiger partial charge in [-0.1, -0.05) is 19.1 Å². The van der Waals surface area contributed by atoms with Crippen molar-refractivity contribution in [1.29, 1.82) is 0 Å². The van der Waals surface area contributed by atoms with Crippen LogP contribution in [0.5, 0.6) is 5.75 Å². The first-order valence-corrected chi connectivity index (χ1v) is 7.32. The van der Waals surface area contributed by atoms with Gasteiger partial charge in [0.25, 0.3) is 0 Å². The Kier molecular flexibility index (Phi) is 5.67. The first-order chi connectivity index (χ1) is 9.29. The summed E-state index contributed by atoms with van der Waals surface area (Å²) in [5, 5.41) is 9.70. The van der Waals surface area contributed by atoms with Gasteiger partial charge in [0.05, 0.1) is 18.8 Å². The molecule has 19 heavy (non-hydrogen) atoms. The van der Waals surface area contributed by atoms with Crippen LogP contribution in [0.3, 0.4) is 0 Å². The van der Waals surface area contributed by atoms with E-state index in [0.717, 1.165) is 43.8 Å². The van der Waals surface area contributed by atoms with Crippen molar-refractivity contribution in [3.05, 3.63) is 29.8 Å². The normalized spacial score (nSPS) is 20.4. The lowest BCUT2D eigenvalue weighted by atomic mass is 10.1. The zero-order chi connectivity index (χ0) is 13.5. The molecule has 1 saturated heterocycles. The lowest BCUT2D eigenvalue weighted by molar-refractivity contribution is 0.0981. The molecule has 2 unspecified atom stereocenters. The Labute approximate surface area is 115 Å². The summed E-state index contributed by atoms with van der Waals surface area (Å²) in [5.41, 5.74) is 0.953. The van der Waals surface area contributed by atoms with Crippen molar-refractivity contribution in [2.45, 2.75) is 51.2 Å². The van der Waals surface area contributed by atoms with Crippen molar-refractivity contribution in [1.82, 2.24) is 0 Å². The Morgan fingerprint density at radius 3 is 2.79 bits per heavy atom. The third-order valence-corrected chi connectivity index (χ3v) is 3.61. The van der Waals surface area contributed by atoms with Crippen LogP contribution in [-0.4, -0.2) is 24.4 Å². The van der Waals surface area contributed by atoms with E-state index in [1.165, 1.54) is 12.8 Å². The average Bonchev–Trinajstić information content (AvgIpc) is 2.96. The monoisotopic (exact) mass is 264 g/mol. The minimum absolute atomic E-state index is 0.367. The lowest BCUT2D eigenvalue weighted by Crippen LogP contribution is -2.07. The standard InChI is InChI=1S/C16H24O3/c1-2-16(17)13-7-9-15(10-8-13)19-12-4-6-14-5-3-11-18-14/h7-10,14,16-17H,2-6,11-12H2,1H3. The summed E-state index contributed by atoms with van der Waals surface area (Å²) < 4.78 is 11.3. The topological polar surface area (TPSA) is 38.7 Å². The second-order valence-corrected chi connectivity index (χ2v) is 5.12. The maximum atomic E-state index is 9.70. The maximum absolute atomic E-state index is 9.70. The van der Waals surface area contributed by atoms with Crippen molar-refractivity contribution in [2.75, 3.05) is 13.2 Å². The number of hydrogen-bond donors (Lipinski definition) is 1. The summed E-state index contributed by atoms with van der Waals surface area (Å²) in [7, 11) is 0. The van der Waals surface area contributed by atoms with Gasteiger partial charge in [-0.05, 0) is 49.8 Å². The van der Waals surface area contributed by atoms with Crippen LogP contribution in [0.25, 0.3) is 0 Å². The van der Waals surface area contributed by atoms with Gasteiger partial charge in [0.2, 0.25) is 0 Å².